The molecule has 1 aromatic heterocycles. The van der Waals surface area contributed by atoms with Crippen LogP contribution in [0.1, 0.15) is 92.7 Å². The summed E-state index contributed by atoms with van der Waals surface area (Å²) in [7, 11) is 0. The topological polar surface area (TPSA) is 25.9 Å². The minimum absolute atomic E-state index is 0.00929. The Morgan fingerprint density at radius 1 is 0.373 bits per heavy atom. The molecule has 0 aliphatic carbocycles. The zero-order valence-corrected chi connectivity index (χ0v) is 48.4. The van der Waals surface area contributed by atoms with Gasteiger partial charge in [-0.05, 0) is 145 Å². The summed E-state index contributed by atoms with van der Waals surface area (Å²) in [5.74, 6) is 0.778. The lowest BCUT2D eigenvalue weighted by molar-refractivity contribution is 0.589. The third-order valence-electron chi connectivity index (χ3n) is 16.1. The van der Waals surface area contributed by atoms with Crippen molar-refractivity contribution in [3.05, 3.63) is 271 Å². The van der Waals surface area contributed by atoms with Crippen molar-refractivity contribution in [2.75, 3.05) is 26.3 Å². The molecule has 13 rings (SSSR count). The molecule has 0 saturated carbocycles. The van der Waals surface area contributed by atoms with Crippen molar-refractivity contribution in [3.8, 4) is 55.6 Å². The van der Waals surface area contributed by atoms with Gasteiger partial charge >= 0.3 is 0 Å². The van der Waals surface area contributed by atoms with Gasteiger partial charge < -0.3 is 14.7 Å². The fourth-order valence-electron chi connectivity index (χ4n) is 11.7. The van der Waals surface area contributed by atoms with Crippen LogP contribution in [-0.4, -0.2) is 11.7 Å². The van der Waals surface area contributed by atoms with Gasteiger partial charge in [-0.1, -0.05) is 232 Å². The van der Waals surface area contributed by atoms with Gasteiger partial charge in [0.05, 0.1) is 42.1 Å². The maximum absolute atomic E-state index is 9.30. The molecule has 2 aliphatic heterocycles. The minimum Gasteiger partial charge on any atom is -0.321 e. The Hall–Kier alpha value is -9.45. The molecule has 3 heterocycles. The molecule has 0 amide bonds. The van der Waals surface area contributed by atoms with Gasteiger partial charge in [0.2, 0.25) is 0 Å². The van der Waals surface area contributed by atoms with Gasteiger partial charge in [0.1, 0.15) is 12.5 Å². The fraction of sp³-hybridized carbons (Fsp3) is 0.167. The summed E-state index contributed by atoms with van der Waals surface area (Å²) in [6.45, 7) is 20.1. The van der Waals surface area contributed by atoms with Gasteiger partial charge in [-0.2, -0.15) is 0 Å². The number of para-hydroxylation sites is 4. The van der Waals surface area contributed by atoms with Gasteiger partial charge in [-0.25, -0.2) is 4.98 Å². The molecule has 0 unspecified atom stereocenters. The van der Waals surface area contributed by atoms with Crippen molar-refractivity contribution >= 4 is 57.0 Å². The van der Waals surface area contributed by atoms with Gasteiger partial charge in [-0.3, -0.25) is 4.90 Å². The van der Waals surface area contributed by atoms with Crippen LogP contribution < -0.4 is 19.6 Å². The van der Waals surface area contributed by atoms with Crippen LogP contribution in [0.25, 0.3) is 55.6 Å². The summed E-state index contributed by atoms with van der Waals surface area (Å²) in [5.41, 5.74) is 16.8. The second-order valence-electron chi connectivity index (χ2n) is 24.6. The van der Waals surface area contributed by atoms with E-state index >= 15 is 0 Å². The Bertz CT molecular complexity index is 4670. The molecular formula is C78H71N5. The normalized spacial score (nSPS) is 14.7. The van der Waals surface area contributed by atoms with E-state index in [4.69, 9.17) is 13.2 Å². The van der Waals surface area contributed by atoms with Crippen LogP contribution in [0.2, 0.25) is 0 Å². The summed E-state index contributed by atoms with van der Waals surface area (Å²) in [5, 5.41) is 0. The molecular weight excluding hydrogens is 1010 g/mol. The van der Waals surface area contributed by atoms with E-state index in [0.29, 0.717) is 11.4 Å². The quantitative estimate of drug-likeness (QED) is 0.143. The highest BCUT2D eigenvalue weighted by molar-refractivity contribution is 6.05. The molecule has 5 heteroatoms. The monoisotopic (exact) mass is 1090 g/mol. The van der Waals surface area contributed by atoms with Crippen LogP contribution >= 0.6 is 0 Å². The minimum atomic E-state index is -0.553. The Morgan fingerprint density at radius 3 is 1.59 bits per heavy atom. The number of hydrogen-bond acceptors (Lipinski definition) is 5. The molecule has 0 atom stereocenters. The zero-order chi connectivity index (χ0) is 65.9. The smallest absolute Gasteiger partial charge is 0.137 e. The van der Waals surface area contributed by atoms with E-state index in [1.54, 1.807) is 18.2 Å². The number of pyridine rings is 1. The lowest BCUT2D eigenvalue weighted by atomic mass is 9.86. The summed E-state index contributed by atoms with van der Waals surface area (Å²) in [6.07, 6.45) is 1.92. The lowest BCUT2D eigenvalue weighted by Gasteiger charge is -2.33. The molecule has 11 aromatic rings. The molecule has 10 aromatic carbocycles. The van der Waals surface area contributed by atoms with E-state index in [0.717, 1.165) is 90.1 Å². The van der Waals surface area contributed by atoms with Gasteiger partial charge in [-0.15, -0.1) is 0 Å². The first-order valence-corrected chi connectivity index (χ1v) is 28.4. The highest BCUT2D eigenvalue weighted by atomic mass is 15.4. The van der Waals surface area contributed by atoms with Crippen LogP contribution in [0.3, 0.4) is 0 Å². The van der Waals surface area contributed by atoms with Gasteiger partial charge in [0.25, 0.3) is 0 Å². The number of fused-ring (bicyclic) bond motifs is 6. The molecule has 0 fully saturated rings. The summed E-state index contributed by atoms with van der Waals surface area (Å²) < 4.78 is 89.6. The largest absolute Gasteiger partial charge is 0.321 e. The second kappa shape index (κ2) is 20.8. The van der Waals surface area contributed by atoms with Crippen molar-refractivity contribution in [3.63, 3.8) is 0 Å². The number of rotatable bonds is 9. The van der Waals surface area contributed by atoms with Crippen molar-refractivity contribution in [1.29, 1.82) is 0 Å². The maximum atomic E-state index is 9.30. The van der Waals surface area contributed by atoms with Gasteiger partial charge in [0, 0.05) is 51.2 Å². The molecule has 0 bridgehead atoms. The Kier molecular flexibility index (Phi) is 10.6. The summed E-state index contributed by atoms with van der Waals surface area (Å²) in [4.78, 5) is 14.0. The van der Waals surface area contributed by atoms with Crippen LogP contribution in [0.4, 0.5) is 57.0 Å². The number of benzene rings is 10. The summed E-state index contributed by atoms with van der Waals surface area (Å²) in [6, 6.07) is 60.2. The van der Waals surface area contributed by atoms with E-state index < -0.39 is 65.8 Å². The first-order chi connectivity index (χ1) is 44.2. The standard InChI is InChI=1S/C78H71N5/c1-76(2,3)57-39-36-53(37-40-57)56-38-43-70-69(46-56)67-31-20-19-30-66(67)68-42-41-61(51-73(68)83(70)74-49-58(44-45-79-74)77(4,5)6)82(60-28-17-12-18-29-60)63-48-59(78(7,8)9)47-62(50-63)80-52-81(72-35-22-21-34-71(72)80)75-64(54-24-13-10-14-25-54)32-23-33-65(75)55-26-15-11-16-27-55/h10-51H,52H2,1-9H3/i10D,11D,13D,14D,15D,16D,24D,25D,26D,27D. The molecule has 408 valence electrons. The van der Waals surface area contributed by atoms with Crippen molar-refractivity contribution in [1.82, 2.24) is 4.98 Å². The Balaban J connectivity index is 1.02. The van der Waals surface area contributed by atoms with Crippen LogP contribution in [-0.2, 0) is 16.2 Å². The SMILES string of the molecule is [2H]c1c([2H])c([2H])c(-c2cccc(-c3c([2H])c([2H])c([2H])c([2H])c3[2H])c2N2CN(c3cc(N(c4ccccc4)c4ccc5c(c4)N(c4cc(C(C)(C)C)ccn4)c4ccc(-c6ccc(C(C)(C)C)cc6)cc4-c4ccccc4-5)cc(C(C)(C)C)c3)c3ccccc32)c([2H])c1[2H]. The van der Waals surface area contributed by atoms with E-state index in [1.165, 1.54) is 5.56 Å². The Morgan fingerprint density at radius 2 is 0.952 bits per heavy atom. The van der Waals surface area contributed by atoms with Crippen LogP contribution in [0, 0.1) is 0 Å². The molecule has 0 radical (unpaired) electrons. The van der Waals surface area contributed by atoms with E-state index in [-0.39, 0.29) is 39.8 Å². The highest BCUT2D eigenvalue weighted by Crippen LogP contribution is 2.55. The van der Waals surface area contributed by atoms with Crippen LogP contribution in [0.15, 0.2) is 255 Å². The molecule has 5 nitrogen and oxygen atoms in total. The second-order valence-corrected chi connectivity index (χ2v) is 24.6. The van der Waals surface area contributed by atoms with Crippen molar-refractivity contribution in [2.45, 2.75) is 78.6 Å². The molecule has 0 N–H and O–H groups in total. The molecule has 0 spiro atoms. The number of nitrogens with zero attached hydrogens (tertiary/aromatic N) is 5. The molecule has 2 aliphatic rings. The summed E-state index contributed by atoms with van der Waals surface area (Å²) >= 11 is 0. The third kappa shape index (κ3) is 9.95. The van der Waals surface area contributed by atoms with Crippen molar-refractivity contribution in [2.24, 2.45) is 0 Å². The first-order valence-electron chi connectivity index (χ1n) is 33.4. The maximum Gasteiger partial charge on any atom is 0.137 e. The fourth-order valence-corrected chi connectivity index (χ4v) is 11.7. The van der Waals surface area contributed by atoms with Crippen molar-refractivity contribution < 1.29 is 13.7 Å². The molecule has 0 saturated heterocycles. The first kappa shape index (κ1) is 42.4. The van der Waals surface area contributed by atoms with Crippen LogP contribution in [0.5, 0.6) is 0 Å². The lowest BCUT2D eigenvalue weighted by Crippen LogP contribution is -2.25. The Labute approximate surface area is 505 Å². The van der Waals surface area contributed by atoms with E-state index in [9.17, 15) is 5.48 Å². The zero-order valence-electron chi connectivity index (χ0n) is 58.4. The predicted octanol–water partition coefficient (Wildman–Crippen LogP) is 21.8. The molecule has 83 heavy (non-hydrogen) atoms. The predicted molar refractivity (Wildman–Crippen MR) is 352 cm³/mol. The average Bonchev–Trinajstić information content (AvgIpc) is 1.69. The number of aromatic nitrogens is 1. The van der Waals surface area contributed by atoms with E-state index in [2.05, 4.69) is 204 Å². The third-order valence-corrected chi connectivity index (χ3v) is 16.1. The van der Waals surface area contributed by atoms with E-state index in [1.807, 2.05) is 53.6 Å². The number of anilines is 10. The highest BCUT2D eigenvalue weighted by Gasteiger charge is 2.34. The average molecular weight is 1090 g/mol. The number of hydrogen-bond donors (Lipinski definition) is 0. The van der Waals surface area contributed by atoms with Gasteiger partial charge in [0.15, 0.2) is 0 Å².